The molecule has 0 fully saturated rings. The average Bonchev–Trinajstić information content (AvgIpc) is 2.91. The quantitative estimate of drug-likeness (QED) is 0.755. The molecule has 0 unspecified atom stereocenters. The molecule has 0 radical (unpaired) electrons. The lowest BCUT2D eigenvalue weighted by Crippen LogP contribution is -2.30. The van der Waals surface area contributed by atoms with Gasteiger partial charge in [0, 0.05) is 24.4 Å². The summed E-state index contributed by atoms with van der Waals surface area (Å²) in [5.74, 6) is 1.43. The maximum Gasteiger partial charge on any atom is 0.152 e. The summed E-state index contributed by atoms with van der Waals surface area (Å²) in [6.45, 7) is 8.67. The second-order valence-electron chi connectivity index (χ2n) is 6.51. The Labute approximate surface area is 155 Å². The molecule has 0 bridgehead atoms. The van der Waals surface area contributed by atoms with Gasteiger partial charge in [-0.15, -0.1) is 0 Å². The molecule has 0 aromatic carbocycles. The Bertz CT molecular complexity index is 1020. The van der Waals surface area contributed by atoms with Crippen molar-refractivity contribution in [3.05, 3.63) is 28.5 Å². The summed E-state index contributed by atoms with van der Waals surface area (Å²) >= 11 is 0. The minimum Gasteiger partial charge on any atom is -0.382 e. The number of unbranched alkanes of at least 4 members (excludes halogenated alkanes) is 1. The second-order valence-corrected chi connectivity index (χ2v) is 8.77. The molecule has 0 atom stereocenters. The average molecular weight is 377 g/mol. The number of pyridine rings is 1. The van der Waals surface area contributed by atoms with Crippen molar-refractivity contribution in [2.24, 2.45) is 0 Å². The Morgan fingerprint density at radius 2 is 2.00 bits per heavy atom. The number of aryl methyl sites for hydroxylation is 2. The molecule has 0 amide bonds. The molecule has 2 rings (SSSR count). The highest BCUT2D eigenvalue weighted by molar-refractivity contribution is 7.90. The first-order chi connectivity index (χ1) is 12.3. The predicted molar refractivity (Wildman–Crippen MR) is 109 cm³/mol. The number of fused-ring (bicyclic) bond motifs is 1. The van der Waals surface area contributed by atoms with Crippen LogP contribution in [0.2, 0.25) is 0 Å². The number of nitrogen functional groups attached to an aromatic ring is 1. The van der Waals surface area contributed by atoms with Gasteiger partial charge in [0.15, 0.2) is 5.82 Å². The molecule has 0 saturated carbocycles. The third-order valence-electron chi connectivity index (χ3n) is 4.22. The van der Waals surface area contributed by atoms with Gasteiger partial charge in [-0.1, -0.05) is 38.2 Å². The highest BCUT2D eigenvalue weighted by Crippen LogP contribution is 2.18. The van der Waals surface area contributed by atoms with E-state index in [4.69, 9.17) is 10.7 Å². The maximum absolute atomic E-state index is 11.5. The summed E-state index contributed by atoms with van der Waals surface area (Å²) in [6, 6.07) is 0. The molecular formula is C19H28N4O2S. The van der Waals surface area contributed by atoms with Gasteiger partial charge in [0.1, 0.15) is 21.2 Å². The Kier molecular flexibility index (Phi) is 6.58. The van der Waals surface area contributed by atoms with E-state index in [-0.39, 0.29) is 5.75 Å². The summed E-state index contributed by atoms with van der Waals surface area (Å²) in [6.07, 6.45) is 10.5. The number of hydrogen-bond acceptors (Lipinski definition) is 5. The fourth-order valence-corrected chi connectivity index (χ4v) is 3.62. The van der Waals surface area contributed by atoms with Crippen LogP contribution in [-0.2, 0) is 22.8 Å². The van der Waals surface area contributed by atoms with Crippen LogP contribution in [-0.4, -0.2) is 35.0 Å². The van der Waals surface area contributed by atoms with Crippen molar-refractivity contribution in [1.82, 2.24) is 14.5 Å². The fraction of sp³-hybridized carbons (Fsp3) is 0.474. The van der Waals surface area contributed by atoms with Gasteiger partial charge in [-0.25, -0.2) is 18.4 Å². The Morgan fingerprint density at radius 1 is 1.27 bits per heavy atom. The van der Waals surface area contributed by atoms with E-state index >= 15 is 0 Å². The van der Waals surface area contributed by atoms with Crippen molar-refractivity contribution in [3.8, 4) is 0 Å². The molecule has 0 aliphatic rings. The molecule has 2 aromatic heterocycles. The number of sulfone groups is 1. The monoisotopic (exact) mass is 376 g/mol. The van der Waals surface area contributed by atoms with Crippen LogP contribution in [0, 0.1) is 0 Å². The number of hydrogen-bond donors (Lipinski definition) is 1. The Hall–Kier alpha value is -2.15. The molecule has 2 heterocycles. The number of rotatable bonds is 8. The van der Waals surface area contributed by atoms with Gasteiger partial charge in [0.2, 0.25) is 0 Å². The van der Waals surface area contributed by atoms with Crippen LogP contribution in [0.25, 0.3) is 23.7 Å². The zero-order valence-corrected chi connectivity index (χ0v) is 16.6. The Balaban J connectivity index is 2.68. The molecule has 0 aliphatic heterocycles. The van der Waals surface area contributed by atoms with E-state index in [1.807, 2.05) is 25.2 Å². The zero-order valence-electron chi connectivity index (χ0n) is 15.8. The number of anilines is 1. The minimum atomic E-state index is -3.00. The molecule has 2 N–H and O–H groups in total. The molecular weight excluding hydrogens is 348 g/mol. The minimum absolute atomic E-state index is 0.144. The van der Waals surface area contributed by atoms with E-state index in [1.54, 1.807) is 0 Å². The van der Waals surface area contributed by atoms with E-state index in [2.05, 4.69) is 23.1 Å². The van der Waals surface area contributed by atoms with E-state index in [9.17, 15) is 8.42 Å². The van der Waals surface area contributed by atoms with Crippen molar-refractivity contribution >= 4 is 39.3 Å². The van der Waals surface area contributed by atoms with Crippen LogP contribution < -0.4 is 16.3 Å². The molecule has 2 aromatic rings. The highest BCUT2D eigenvalue weighted by atomic mass is 32.2. The molecule has 26 heavy (non-hydrogen) atoms. The molecule has 6 nitrogen and oxygen atoms in total. The topological polar surface area (TPSA) is 90.9 Å². The molecule has 0 saturated heterocycles. The standard InChI is InChI=1S/C19H28N4O2S/c1-5-7-10-15-14(3)21-19(20)17-18(15)23(12-9-13-26(4,24)25)16(22-17)11-8-6-2/h5,7,10H,3,6,8-9,11-13H2,1-2,4H3,(H2,20,21)/b7-5-,15-10+. The van der Waals surface area contributed by atoms with Crippen LogP contribution in [0.4, 0.5) is 5.82 Å². The summed E-state index contributed by atoms with van der Waals surface area (Å²) < 4.78 is 25.1. The largest absolute Gasteiger partial charge is 0.382 e. The number of nitrogens with two attached hydrogens (primary N) is 1. The third kappa shape index (κ3) is 4.72. The lowest BCUT2D eigenvalue weighted by Gasteiger charge is -2.09. The van der Waals surface area contributed by atoms with Crippen LogP contribution in [0.5, 0.6) is 0 Å². The summed E-state index contributed by atoms with van der Waals surface area (Å²) in [5, 5.41) is 1.47. The summed E-state index contributed by atoms with van der Waals surface area (Å²) in [4.78, 5) is 9.07. The van der Waals surface area contributed by atoms with Crippen molar-refractivity contribution in [3.63, 3.8) is 0 Å². The molecule has 0 aliphatic carbocycles. The van der Waals surface area contributed by atoms with E-state index in [1.165, 1.54) is 6.26 Å². The van der Waals surface area contributed by atoms with Crippen molar-refractivity contribution in [2.75, 3.05) is 17.7 Å². The van der Waals surface area contributed by atoms with Gasteiger partial charge in [-0.05, 0) is 19.8 Å². The molecule has 142 valence electrons. The van der Waals surface area contributed by atoms with Crippen LogP contribution in [0.15, 0.2) is 12.2 Å². The number of nitrogens with zero attached hydrogens (tertiary/aromatic N) is 3. The normalized spacial score (nSPS) is 13.3. The third-order valence-corrected chi connectivity index (χ3v) is 5.25. The van der Waals surface area contributed by atoms with Crippen LogP contribution in [0.3, 0.4) is 0 Å². The first kappa shape index (κ1) is 20.2. The first-order valence-corrected chi connectivity index (χ1v) is 11.0. The van der Waals surface area contributed by atoms with Crippen molar-refractivity contribution in [1.29, 1.82) is 0 Å². The lowest BCUT2D eigenvalue weighted by atomic mass is 10.2. The fourth-order valence-electron chi connectivity index (χ4n) is 2.97. The number of aromatic nitrogens is 3. The van der Waals surface area contributed by atoms with E-state index < -0.39 is 9.84 Å². The van der Waals surface area contributed by atoms with Crippen molar-refractivity contribution in [2.45, 2.75) is 46.1 Å². The number of allylic oxidation sites excluding steroid dienone is 2. The smallest absolute Gasteiger partial charge is 0.152 e. The predicted octanol–water partition coefficient (Wildman–Crippen LogP) is 1.56. The van der Waals surface area contributed by atoms with Gasteiger partial charge < -0.3 is 10.3 Å². The van der Waals surface area contributed by atoms with Gasteiger partial charge in [0.05, 0.1) is 16.6 Å². The zero-order chi connectivity index (χ0) is 19.3. The van der Waals surface area contributed by atoms with E-state index in [0.29, 0.717) is 29.6 Å². The summed E-state index contributed by atoms with van der Waals surface area (Å²) in [7, 11) is -3.00. The Morgan fingerprint density at radius 3 is 2.62 bits per heavy atom. The van der Waals surface area contributed by atoms with Gasteiger partial charge in [-0.2, -0.15) is 0 Å². The van der Waals surface area contributed by atoms with Gasteiger partial charge in [-0.3, -0.25) is 0 Å². The SMILES string of the molecule is C=c1nc(N)c2nc(CCCC)n(CCCS(C)(=O)=O)c2/c1=C/C=C\C. The van der Waals surface area contributed by atoms with Crippen LogP contribution >= 0.6 is 0 Å². The highest BCUT2D eigenvalue weighted by Gasteiger charge is 2.16. The lowest BCUT2D eigenvalue weighted by molar-refractivity contribution is 0.588. The van der Waals surface area contributed by atoms with E-state index in [0.717, 1.165) is 35.8 Å². The summed E-state index contributed by atoms with van der Waals surface area (Å²) in [5.41, 5.74) is 7.66. The second kappa shape index (κ2) is 8.49. The molecule has 0 spiro atoms. The number of imidazole rings is 1. The maximum atomic E-state index is 11.5. The molecule has 7 heteroatoms. The van der Waals surface area contributed by atoms with Gasteiger partial charge >= 0.3 is 0 Å². The van der Waals surface area contributed by atoms with Crippen molar-refractivity contribution < 1.29 is 8.42 Å². The van der Waals surface area contributed by atoms with Crippen LogP contribution in [0.1, 0.15) is 38.9 Å². The van der Waals surface area contributed by atoms with Gasteiger partial charge in [0.25, 0.3) is 0 Å². The first-order valence-electron chi connectivity index (χ1n) is 8.92.